The third-order valence-electron chi connectivity index (χ3n) is 9.86. The number of halogens is 2. The summed E-state index contributed by atoms with van der Waals surface area (Å²) in [4.78, 5) is 29.5. The highest BCUT2D eigenvalue weighted by molar-refractivity contribution is 7.92. The van der Waals surface area contributed by atoms with Gasteiger partial charge in [0.1, 0.15) is 20.8 Å². The average Bonchev–Trinajstić information content (AvgIpc) is 3.38. The standard InChI is InChI=1S/C37H44Cl2N4O5S/c1-24-7-6-9-33(47-3)31-14-11-28(31)22-43-21-27-10-13-30(38)17-25(27)8-4-5-16-48-34-15-12-26(18-32(34)43)36(44)40-49(46,23-24)41-37(45)29-19-35(39)42(2)20-29/h6,9-10,12-13,15,17-20,24,28,31,33H,4-5,7-8,11,14,16,21-23H2,1-3H3,(H,40,41,44,45,46)/b9-6+/t24-,28-,31+,33-,49?/m0/s1. The predicted octanol–water partition coefficient (Wildman–Crippen LogP) is 7.64. The lowest BCUT2D eigenvalue weighted by atomic mass is 9.70. The van der Waals surface area contributed by atoms with Gasteiger partial charge in [0.05, 0.1) is 29.7 Å². The van der Waals surface area contributed by atoms with Gasteiger partial charge in [-0.25, -0.2) is 4.21 Å². The number of nitrogens with zero attached hydrogens (tertiary/aromatic N) is 3. The quantitative estimate of drug-likeness (QED) is 0.279. The molecular formula is C37H44Cl2N4O5S. The summed E-state index contributed by atoms with van der Waals surface area (Å²) in [6, 6.07) is 12.8. The molecule has 3 heterocycles. The number of rotatable bonds is 3. The summed E-state index contributed by atoms with van der Waals surface area (Å²) in [5.41, 5.74) is 3.65. The first-order chi connectivity index (χ1) is 23.5. The number of methoxy groups -OCH3 is 1. The molecule has 1 aliphatic carbocycles. The van der Waals surface area contributed by atoms with Gasteiger partial charge in [-0.2, -0.15) is 0 Å². The second-order valence-corrected chi connectivity index (χ2v) is 16.4. The van der Waals surface area contributed by atoms with Crippen LogP contribution in [0.3, 0.4) is 0 Å². The molecule has 0 saturated heterocycles. The molecule has 0 spiro atoms. The molecule has 1 aromatic heterocycles. The van der Waals surface area contributed by atoms with Gasteiger partial charge in [-0.15, -0.1) is 4.36 Å². The maximum absolute atomic E-state index is 14.5. The molecule has 2 aromatic carbocycles. The predicted molar refractivity (Wildman–Crippen MR) is 195 cm³/mol. The van der Waals surface area contributed by atoms with Gasteiger partial charge in [0.15, 0.2) is 0 Å². The largest absolute Gasteiger partial charge is 0.491 e. The van der Waals surface area contributed by atoms with E-state index in [2.05, 4.69) is 38.3 Å². The van der Waals surface area contributed by atoms with Gasteiger partial charge in [-0.05, 0) is 104 Å². The van der Waals surface area contributed by atoms with E-state index in [1.165, 1.54) is 17.2 Å². The van der Waals surface area contributed by atoms with Crippen molar-refractivity contribution < 1.29 is 23.3 Å². The summed E-state index contributed by atoms with van der Waals surface area (Å²) in [5.74, 6) is -0.104. The van der Waals surface area contributed by atoms with Gasteiger partial charge in [-0.1, -0.05) is 48.3 Å². The van der Waals surface area contributed by atoms with Gasteiger partial charge >= 0.3 is 0 Å². The summed E-state index contributed by atoms with van der Waals surface area (Å²) >= 11 is 12.6. The molecule has 2 amide bonds. The summed E-state index contributed by atoms with van der Waals surface area (Å²) < 4.78 is 35.3. The highest BCUT2D eigenvalue weighted by Gasteiger charge is 2.38. The van der Waals surface area contributed by atoms with Crippen molar-refractivity contribution in [2.45, 2.75) is 58.1 Å². The van der Waals surface area contributed by atoms with Crippen molar-refractivity contribution in [1.29, 1.82) is 0 Å². The topological polar surface area (TPSA) is 102 Å². The fraction of sp³-hybridized carbons (Fsp3) is 0.459. The fourth-order valence-corrected chi connectivity index (χ4v) is 9.29. The number of fused-ring (bicyclic) bond motifs is 3. The first-order valence-corrected chi connectivity index (χ1v) is 19.4. The van der Waals surface area contributed by atoms with Crippen molar-refractivity contribution in [2.75, 3.05) is 30.9 Å². The number of hydrogen-bond acceptors (Lipinski definition) is 6. The zero-order chi connectivity index (χ0) is 34.7. The summed E-state index contributed by atoms with van der Waals surface area (Å²) in [7, 11) is -0.0941. The zero-order valence-corrected chi connectivity index (χ0v) is 30.5. The smallest absolute Gasteiger partial charge is 0.286 e. The molecule has 6 rings (SSSR count). The van der Waals surface area contributed by atoms with Crippen molar-refractivity contribution in [2.24, 2.45) is 29.2 Å². The van der Waals surface area contributed by atoms with Crippen LogP contribution >= 0.6 is 23.2 Å². The van der Waals surface area contributed by atoms with Crippen molar-refractivity contribution in [3.63, 3.8) is 0 Å². The molecule has 1 N–H and O–H groups in total. The van der Waals surface area contributed by atoms with Gasteiger partial charge in [-0.3, -0.25) is 14.3 Å². The molecule has 1 unspecified atom stereocenters. The third-order valence-corrected chi connectivity index (χ3v) is 12.5. The summed E-state index contributed by atoms with van der Waals surface area (Å²) in [5, 5.41) is 1.06. The molecule has 3 aromatic rings. The number of aromatic nitrogens is 1. The maximum atomic E-state index is 14.5. The molecule has 3 aliphatic rings. The van der Waals surface area contributed by atoms with E-state index in [-0.39, 0.29) is 28.9 Å². The van der Waals surface area contributed by atoms with Crippen molar-refractivity contribution in [1.82, 2.24) is 9.29 Å². The van der Waals surface area contributed by atoms with Crippen LogP contribution in [0.1, 0.15) is 70.9 Å². The molecule has 0 radical (unpaired) electrons. The molecule has 2 aliphatic heterocycles. The van der Waals surface area contributed by atoms with Crippen LogP contribution in [-0.2, 0) is 34.7 Å². The minimum Gasteiger partial charge on any atom is -0.491 e. The Bertz CT molecular complexity index is 1850. The Balaban J connectivity index is 1.45. The lowest BCUT2D eigenvalue weighted by Crippen LogP contribution is -2.43. The van der Waals surface area contributed by atoms with Crippen LogP contribution < -0.4 is 14.4 Å². The number of aryl methyl sites for hydroxylation is 2. The fourth-order valence-electron chi connectivity index (χ4n) is 7.04. The molecule has 1 saturated carbocycles. The molecular weight excluding hydrogens is 683 g/mol. The highest BCUT2D eigenvalue weighted by Crippen LogP contribution is 2.42. The van der Waals surface area contributed by atoms with Crippen LogP contribution in [0.25, 0.3) is 0 Å². The van der Waals surface area contributed by atoms with Gasteiger partial charge in [0, 0.05) is 44.0 Å². The Hall–Kier alpha value is -3.31. The molecule has 49 heavy (non-hydrogen) atoms. The van der Waals surface area contributed by atoms with E-state index < -0.39 is 21.7 Å². The monoisotopic (exact) mass is 726 g/mol. The van der Waals surface area contributed by atoms with E-state index in [9.17, 15) is 13.8 Å². The molecule has 5 atom stereocenters. The van der Waals surface area contributed by atoms with E-state index >= 15 is 0 Å². The van der Waals surface area contributed by atoms with Crippen LogP contribution in [0.2, 0.25) is 10.2 Å². The first kappa shape index (κ1) is 35.5. The highest BCUT2D eigenvalue weighted by atomic mass is 35.5. The Morgan fingerprint density at radius 3 is 2.67 bits per heavy atom. The number of carbonyl (C=O) groups is 2. The lowest BCUT2D eigenvalue weighted by Gasteiger charge is -2.43. The Morgan fingerprint density at radius 1 is 1.10 bits per heavy atom. The number of benzene rings is 2. The van der Waals surface area contributed by atoms with Crippen molar-refractivity contribution in [3.8, 4) is 5.75 Å². The van der Waals surface area contributed by atoms with Crippen LogP contribution in [0.15, 0.2) is 65.2 Å². The minimum absolute atomic E-state index is 0.0153. The van der Waals surface area contributed by atoms with Gasteiger partial charge in [0.25, 0.3) is 11.8 Å². The van der Waals surface area contributed by atoms with Crippen LogP contribution in [-0.4, -0.2) is 52.7 Å². The van der Waals surface area contributed by atoms with Crippen molar-refractivity contribution >= 4 is 50.6 Å². The molecule has 9 nitrogen and oxygen atoms in total. The second-order valence-electron chi connectivity index (χ2n) is 13.5. The molecule has 1 fully saturated rings. The SMILES string of the molecule is CO[C@H]1/C=C/C[C@H](C)CS(=O)(NC(=O)c2cc(Cl)n(C)c2)=NC(=O)c2ccc3c(c2)N(Cc2ccc(Cl)cc2CCCCO3)C[C@@H]2CC[C@H]21. The van der Waals surface area contributed by atoms with Crippen molar-refractivity contribution in [3.05, 3.63) is 93.2 Å². The number of carbonyl (C=O) groups excluding carboxylic acids is 2. The average molecular weight is 728 g/mol. The molecule has 2 bridgehead atoms. The summed E-state index contributed by atoms with van der Waals surface area (Å²) in [6.07, 6.45) is 11.0. The maximum Gasteiger partial charge on any atom is 0.286 e. The first-order valence-electron chi connectivity index (χ1n) is 16.9. The molecule has 262 valence electrons. The Morgan fingerprint density at radius 2 is 1.94 bits per heavy atom. The van der Waals surface area contributed by atoms with E-state index in [1.54, 1.807) is 37.1 Å². The van der Waals surface area contributed by atoms with Gasteiger partial charge in [0.2, 0.25) is 0 Å². The molecule has 12 heteroatoms. The Kier molecular flexibility index (Phi) is 11.1. The zero-order valence-electron chi connectivity index (χ0n) is 28.2. The number of nitrogens with one attached hydrogen (secondary N) is 1. The van der Waals surface area contributed by atoms with Gasteiger partial charge < -0.3 is 18.9 Å². The normalized spacial score (nSPS) is 26.9. The van der Waals surface area contributed by atoms with Crippen LogP contribution in [0.5, 0.6) is 5.75 Å². The number of allylic oxidation sites excluding steroid dienone is 1. The van der Waals surface area contributed by atoms with E-state index in [0.717, 1.165) is 44.3 Å². The number of ether oxygens (including phenoxy) is 2. The van der Waals surface area contributed by atoms with Crippen LogP contribution in [0.4, 0.5) is 5.69 Å². The van der Waals surface area contributed by atoms with Crippen LogP contribution in [0, 0.1) is 17.8 Å². The lowest BCUT2D eigenvalue weighted by molar-refractivity contribution is 0.0133. The summed E-state index contributed by atoms with van der Waals surface area (Å²) in [6.45, 7) is 3.79. The number of anilines is 1. The van der Waals surface area contributed by atoms with E-state index in [0.29, 0.717) is 47.3 Å². The number of hydrogen-bond donors (Lipinski definition) is 1. The third kappa shape index (κ3) is 8.36. The van der Waals surface area contributed by atoms with E-state index in [1.807, 2.05) is 19.1 Å². The van der Waals surface area contributed by atoms with E-state index in [4.69, 9.17) is 32.7 Å². The number of amides is 2. The second kappa shape index (κ2) is 15.3. The minimum atomic E-state index is -3.55. The Labute approximate surface area is 299 Å².